The summed E-state index contributed by atoms with van der Waals surface area (Å²) in [4.78, 5) is 2.24. The van der Waals surface area contributed by atoms with Gasteiger partial charge in [0.1, 0.15) is 6.11 Å². The summed E-state index contributed by atoms with van der Waals surface area (Å²) in [6, 6.07) is 10.8. The van der Waals surface area contributed by atoms with Crippen molar-refractivity contribution in [1.29, 1.82) is 0 Å². The Morgan fingerprint density at radius 3 is 2.50 bits per heavy atom. The van der Waals surface area contributed by atoms with Crippen LogP contribution in [0.1, 0.15) is 26.3 Å². The number of ether oxygens (including phenoxy) is 1. The molecule has 86 valence electrons. The van der Waals surface area contributed by atoms with Crippen molar-refractivity contribution in [2.24, 2.45) is 0 Å². The lowest BCUT2D eigenvalue weighted by atomic mass is 10.2. The van der Waals surface area contributed by atoms with Crippen LogP contribution < -0.4 is 0 Å². The van der Waals surface area contributed by atoms with Gasteiger partial charge in [-0.25, -0.2) is 0 Å². The maximum atomic E-state index is 5.24. The van der Waals surface area contributed by atoms with Gasteiger partial charge in [-0.15, -0.1) is 0 Å². The number of nitrogens with zero attached hydrogens (tertiary/aromatic N) is 1. The zero-order valence-corrected chi connectivity index (χ0v) is 10.2. The van der Waals surface area contributed by atoms with Crippen LogP contribution in [0, 0.1) is 12.0 Å². The van der Waals surface area contributed by atoms with Gasteiger partial charge in [0.25, 0.3) is 0 Å². The molecule has 0 amide bonds. The average Bonchev–Trinajstić information content (AvgIpc) is 2.29. The van der Waals surface area contributed by atoms with Gasteiger partial charge in [-0.3, -0.25) is 4.90 Å². The summed E-state index contributed by atoms with van der Waals surface area (Å²) >= 11 is 0. The van der Waals surface area contributed by atoms with E-state index >= 15 is 0 Å². The second-order valence-corrected chi connectivity index (χ2v) is 3.95. The van der Waals surface area contributed by atoms with Gasteiger partial charge < -0.3 is 4.74 Å². The molecule has 16 heavy (non-hydrogen) atoms. The molecule has 1 rings (SSSR count). The summed E-state index contributed by atoms with van der Waals surface area (Å²) in [5.74, 6) is 2.73. The van der Waals surface area contributed by atoms with Crippen LogP contribution >= 0.6 is 0 Å². The molecule has 0 radical (unpaired) electrons. The minimum absolute atomic E-state index is 0.443. The molecule has 0 N–H and O–H groups in total. The van der Waals surface area contributed by atoms with Gasteiger partial charge in [-0.1, -0.05) is 36.3 Å². The van der Waals surface area contributed by atoms with E-state index in [1.165, 1.54) is 5.56 Å². The molecule has 0 unspecified atom stereocenters. The van der Waals surface area contributed by atoms with Crippen molar-refractivity contribution in [2.45, 2.75) is 33.4 Å². The molecule has 2 nitrogen and oxygen atoms in total. The van der Waals surface area contributed by atoms with Gasteiger partial charge in [0.15, 0.2) is 6.73 Å². The number of rotatable bonds is 5. The van der Waals surface area contributed by atoms with Crippen LogP contribution in [0.4, 0.5) is 0 Å². The quantitative estimate of drug-likeness (QED) is 0.555. The zero-order chi connectivity index (χ0) is 11.8. The molecule has 0 aliphatic carbocycles. The lowest BCUT2D eigenvalue weighted by Crippen LogP contribution is -2.31. The van der Waals surface area contributed by atoms with E-state index in [9.17, 15) is 0 Å². The molecule has 1 aromatic carbocycles. The van der Waals surface area contributed by atoms with Crippen LogP contribution in [0.15, 0.2) is 30.3 Å². The fraction of sp³-hybridized carbons (Fsp3) is 0.429. The molecule has 0 aromatic heterocycles. The molecule has 2 heteroatoms. The van der Waals surface area contributed by atoms with E-state index in [4.69, 9.17) is 4.74 Å². The number of hydrogen-bond acceptors (Lipinski definition) is 2. The maximum Gasteiger partial charge on any atom is 0.154 e. The largest absolute Gasteiger partial charge is 0.430 e. The van der Waals surface area contributed by atoms with Crippen LogP contribution in [0.25, 0.3) is 0 Å². The van der Waals surface area contributed by atoms with E-state index in [0.717, 1.165) is 6.54 Å². The third kappa shape index (κ3) is 4.37. The summed E-state index contributed by atoms with van der Waals surface area (Å²) in [6.07, 6.45) is 2.63. The molecule has 0 saturated carbocycles. The van der Waals surface area contributed by atoms with E-state index in [0.29, 0.717) is 12.8 Å². The monoisotopic (exact) mass is 217 g/mol. The first kappa shape index (κ1) is 12.6. The zero-order valence-electron chi connectivity index (χ0n) is 10.2. The summed E-state index contributed by atoms with van der Waals surface area (Å²) in [7, 11) is 0. The van der Waals surface area contributed by atoms with Crippen molar-refractivity contribution < 1.29 is 4.74 Å². The molecule has 1 aromatic rings. The molecule has 0 heterocycles. The summed E-state index contributed by atoms with van der Waals surface area (Å²) in [5.41, 5.74) is 1.30. The Morgan fingerprint density at radius 1 is 1.25 bits per heavy atom. The molecule has 0 aliphatic heterocycles. The first-order valence-electron chi connectivity index (χ1n) is 5.55. The second-order valence-electron chi connectivity index (χ2n) is 3.95. The Labute approximate surface area is 98.2 Å². The Morgan fingerprint density at radius 2 is 1.94 bits per heavy atom. The van der Waals surface area contributed by atoms with Gasteiger partial charge in [0.05, 0.1) is 0 Å². The standard InChI is InChI=1S/C14H19NO/c1-4-10-16-12-15(13(2)3)11-14-8-6-5-7-9-14/h5-9,13H,11-12H2,1-3H3. The fourth-order valence-electron chi connectivity index (χ4n) is 1.38. The topological polar surface area (TPSA) is 12.5 Å². The van der Waals surface area contributed by atoms with Gasteiger partial charge in [-0.05, 0) is 19.4 Å². The minimum atomic E-state index is 0.443. The fourth-order valence-corrected chi connectivity index (χ4v) is 1.38. The highest BCUT2D eigenvalue weighted by Crippen LogP contribution is 2.07. The summed E-state index contributed by atoms with van der Waals surface area (Å²) in [6.45, 7) is 7.53. The first-order chi connectivity index (χ1) is 7.74. The van der Waals surface area contributed by atoms with Crippen LogP contribution in [0.5, 0.6) is 0 Å². The molecule has 0 bridgehead atoms. The summed E-state index contributed by atoms with van der Waals surface area (Å²) < 4.78 is 5.24. The first-order valence-corrected chi connectivity index (χ1v) is 5.55. The Kier molecular flexibility index (Phi) is 5.45. The van der Waals surface area contributed by atoms with Crippen LogP contribution in [0.2, 0.25) is 0 Å². The lowest BCUT2D eigenvalue weighted by molar-refractivity contribution is 0.0713. The molecular formula is C14H19NO. The van der Waals surface area contributed by atoms with Gasteiger partial charge >= 0.3 is 0 Å². The van der Waals surface area contributed by atoms with Gasteiger partial charge in [-0.2, -0.15) is 0 Å². The van der Waals surface area contributed by atoms with E-state index in [-0.39, 0.29) is 0 Å². The number of benzene rings is 1. The van der Waals surface area contributed by atoms with E-state index in [1.54, 1.807) is 6.92 Å². The minimum Gasteiger partial charge on any atom is -0.430 e. The second kappa shape index (κ2) is 6.92. The molecular weight excluding hydrogens is 198 g/mol. The Bertz CT molecular complexity index is 348. The van der Waals surface area contributed by atoms with Crippen LogP contribution in [-0.2, 0) is 11.3 Å². The SMILES string of the molecule is CC#COCN(Cc1ccccc1)C(C)C. The third-order valence-electron chi connectivity index (χ3n) is 2.36. The van der Waals surface area contributed by atoms with Crippen molar-refractivity contribution in [3.05, 3.63) is 35.9 Å². The number of hydrogen-bond donors (Lipinski definition) is 0. The molecule has 0 spiro atoms. The molecule has 0 atom stereocenters. The normalized spacial score (nSPS) is 10.1. The molecule has 0 saturated heterocycles. The van der Waals surface area contributed by atoms with E-state index < -0.39 is 0 Å². The highest BCUT2D eigenvalue weighted by Gasteiger charge is 2.09. The van der Waals surface area contributed by atoms with Crippen molar-refractivity contribution in [3.8, 4) is 12.0 Å². The Balaban J connectivity index is 2.53. The summed E-state index contributed by atoms with van der Waals surface area (Å²) in [5, 5.41) is 0. The highest BCUT2D eigenvalue weighted by molar-refractivity contribution is 5.14. The van der Waals surface area contributed by atoms with Crippen LogP contribution in [0.3, 0.4) is 0 Å². The molecule has 0 aliphatic rings. The predicted molar refractivity (Wildman–Crippen MR) is 66.5 cm³/mol. The van der Waals surface area contributed by atoms with Gasteiger partial charge in [0, 0.05) is 19.5 Å². The Hall–Kier alpha value is -1.46. The lowest BCUT2D eigenvalue weighted by Gasteiger charge is -2.24. The third-order valence-corrected chi connectivity index (χ3v) is 2.36. The van der Waals surface area contributed by atoms with Crippen molar-refractivity contribution in [2.75, 3.05) is 6.73 Å². The van der Waals surface area contributed by atoms with Crippen molar-refractivity contribution in [3.63, 3.8) is 0 Å². The van der Waals surface area contributed by atoms with E-state index in [2.05, 4.69) is 55.0 Å². The average molecular weight is 217 g/mol. The molecule has 0 fully saturated rings. The maximum absolute atomic E-state index is 5.24. The predicted octanol–water partition coefficient (Wildman–Crippen LogP) is 2.85. The van der Waals surface area contributed by atoms with Crippen molar-refractivity contribution in [1.82, 2.24) is 4.90 Å². The van der Waals surface area contributed by atoms with Crippen LogP contribution in [-0.4, -0.2) is 17.7 Å². The van der Waals surface area contributed by atoms with E-state index in [1.807, 2.05) is 6.07 Å². The smallest absolute Gasteiger partial charge is 0.154 e. The van der Waals surface area contributed by atoms with Gasteiger partial charge in [0.2, 0.25) is 0 Å². The highest BCUT2D eigenvalue weighted by atomic mass is 16.5. The van der Waals surface area contributed by atoms with Crippen molar-refractivity contribution >= 4 is 0 Å².